The Balaban J connectivity index is 1.18. The summed E-state index contributed by atoms with van der Waals surface area (Å²) in [5.41, 5.74) is 14.2. The van der Waals surface area contributed by atoms with Crippen LogP contribution in [-0.4, -0.2) is 6.04 Å². The van der Waals surface area contributed by atoms with E-state index in [2.05, 4.69) is 175 Å². The maximum atomic E-state index is 2.63. The van der Waals surface area contributed by atoms with Gasteiger partial charge in [0.1, 0.15) is 0 Å². The fourth-order valence-electron chi connectivity index (χ4n) is 7.95. The van der Waals surface area contributed by atoms with Gasteiger partial charge in [-0.2, -0.15) is 0 Å². The summed E-state index contributed by atoms with van der Waals surface area (Å²) in [7, 11) is 0. The Morgan fingerprint density at radius 2 is 1.49 bits per heavy atom. The van der Waals surface area contributed by atoms with Crippen molar-refractivity contribution in [3.63, 3.8) is 0 Å². The smallest absolute Gasteiger partial charge is 0.0528 e. The van der Waals surface area contributed by atoms with E-state index in [0.29, 0.717) is 6.04 Å². The molecule has 6 aromatic rings. The minimum Gasteiger partial charge on any atom is -0.334 e. The summed E-state index contributed by atoms with van der Waals surface area (Å²) in [5, 5.41) is 2.63. The predicted molar refractivity (Wildman–Crippen MR) is 211 cm³/mol. The molecule has 8 rings (SSSR count). The van der Waals surface area contributed by atoms with Gasteiger partial charge in [0.2, 0.25) is 0 Å². The van der Waals surface area contributed by atoms with Gasteiger partial charge in [0.25, 0.3) is 0 Å². The van der Waals surface area contributed by atoms with Crippen molar-refractivity contribution in [2.45, 2.75) is 58.4 Å². The molecule has 0 N–H and O–H groups in total. The monoisotopic (exact) mass is 636 g/mol. The van der Waals surface area contributed by atoms with Gasteiger partial charge in [0.15, 0.2) is 0 Å². The number of hydrogen-bond acceptors (Lipinski definition) is 2. The van der Waals surface area contributed by atoms with Crippen molar-refractivity contribution in [3.05, 3.63) is 168 Å². The van der Waals surface area contributed by atoms with E-state index in [0.717, 1.165) is 25.7 Å². The van der Waals surface area contributed by atoms with Crippen molar-refractivity contribution in [1.82, 2.24) is 0 Å². The molecule has 2 heteroatoms. The van der Waals surface area contributed by atoms with Crippen LogP contribution < -0.4 is 9.80 Å². The van der Waals surface area contributed by atoms with E-state index in [1.807, 2.05) is 0 Å². The first kappa shape index (κ1) is 31.0. The zero-order valence-corrected chi connectivity index (χ0v) is 28.6. The van der Waals surface area contributed by atoms with Crippen LogP contribution in [0.3, 0.4) is 0 Å². The summed E-state index contributed by atoms with van der Waals surface area (Å²) in [6, 6.07) is 47.6. The number of allylic oxidation sites excluding steroid dienone is 2. The SMILES string of the molecule is CCc1ccc2ccccc2c1N(c1ccc(-c2ccc(N(c3ccccc3)c3cccc4c3CCC=C4)cc2)c(C)c1)C1C=CCCC1. The predicted octanol–water partition coefficient (Wildman–Crippen LogP) is 13.1. The summed E-state index contributed by atoms with van der Waals surface area (Å²) < 4.78 is 0. The van der Waals surface area contributed by atoms with Crippen molar-refractivity contribution in [2.75, 3.05) is 9.80 Å². The van der Waals surface area contributed by atoms with Crippen molar-refractivity contribution in [2.24, 2.45) is 0 Å². The molecule has 0 amide bonds. The molecule has 0 saturated carbocycles. The maximum Gasteiger partial charge on any atom is 0.0528 e. The summed E-state index contributed by atoms with van der Waals surface area (Å²) >= 11 is 0. The fraction of sp³-hybridized carbons (Fsp3) is 0.191. The van der Waals surface area contributed by atoms with Crippen LogP contribution in [0.2, 0.25) is 0 Å². The third-order valence-electron chi connectivity index (χ3n) is 10.4. The van der Waals surface area contributed by atoms with Gasteiger partial charge in [0.05, 0.1) is 11.7 Å². The van der Waals surface area contributed by atoms with Crippen LogP contribution in [0.4, 0.5) is 28.4 Å². The zero-order valence-electron chi connectivity index (χ0n) is 28.6. The first-order valence-corrected chi connectivity index (χ1v) is 18.0. The Hall–Kier alpha value is -5.34. The zero-order chi connectivity index (χ0) is 33.2. The molecule has 0 radical (unpaired) electrons. The van der Waals surface area contributed by atoms with E-state index >= 15 is 0 Å². The molecule has 2 aliphatic rings. The van der Waals surface area contributed by atoms with Gasteiger partial charge in [-0.1, -0.05) is 116 Å². The molecule has 1 atom stereocenters. The van der Waals surface area contributed by atoms with Crippen molar-refractivity contribution in [1.29, 1.82) is 0 Å². The molecule has 2 nitrogen and oxygen atoms in total. The topological polar surface area (TPSA) is 6.48 Å². The molecule has 0 heterocycles. The summed E-state index contributed by atoms with van der Waals surface area (Å²) in [6.07, 6.45) is 16.1. The highest BCUT2D eigenvalue weighted by Crippen LogP contribution is 2.43. The van der Waals surface area contributed by atoms with Gasteiger partial charge < -0.3 is 9.80 Å². The lowest BCUT2D eigenvalue weighted by Gasteiger charge is -2.36. The molecular weight excluding hydrogens is 593 g/mol. The largest absolute Gasteiger partial charge is 0.334 e. The lowest BCUT2D eigenvalue weighted by molar-refractivity contribution is 0.631. The molecule has 0 bridgehead atoms. The van der Waals surface area contributed by atoms with E-state index in [4.69, 9.17) is 0 Å². The highest BCUT2D eigenvalue weighted by atomic mass is 15.2. The lowest BCUT2D eigenvalue weighted by atomic mass is 9.94. The van der Waals surface area contributed by atoms with Gasteiger partial charge in [-0.3, -0.25) is 0 Å². The molecular formula is C47H44N2. The molecule has 2 aliphatic carbocycles. The van der Waals surface area contributed by atoms with Gasteiger partial charge in [-0.05, 0) is 127 Å². The van der Waals surface area contributed by atoms with Crippen molar-refractivity contribution in [3.8, 4) is 11.1 Å². The third kappa shape index (κ3) is 5.97. The van der Waals surface area contributed by atoms with Crippen LogP contribution in [0.5, 0.6) is 0 Å². The standard InChI is InChI=1S/C47H44N2/c1-3-35-25-26-37-16-11-13-23-45(37)47(35)49(40-20-8-5-9-21-40)42-31-32-43(34(2)33-42)38-27-29-41(30-28-38)48(39-18-6-4-7-19-39)46-24-14-17-36-15-10-12-22-44(36)46/h4,6-8,10-11,13-20,23-33,40H,3,5,9,12,21-22H2,1-2H3. The van der Waals surface area contributed by atoms with Crippen LogP contribution in [0.25, 0.3) is 28.0 Å². The van der Waals surface area contributed by atoms with Gasteiger partial charge in [-0.15, -0.1) is 0 Å². The second-order valence-corrected chi connectivity index (χ2v) is 13.4. The molecule has 0 aromatic heterocycles. The molecule has 0 aliphatic heterocycles. The Kier molecular flexibility index (Phi) is 8.62. The highest BCUT2D eigenvalue weighted by Gasteiger charge is 2.25. The number of benzene rings is 6. The maximum absolute atomic E-state index is 2.63. The van der Waals surface area contributed by atoms with Crippen molar-refractivity contribution < 1.29 is 0 Å². The number of aryl methyl sites for hydroxylation is 2. The number of rotatable bonds is 8. The van der Waals surface area contributed by atoms with E-state index in [9.17, 15) is 0 Å². The van der Waals surface area contributed by atoms with Gasteiger partial charge in [-0.25, -0.2) is 0 Å². The van der Waals surface area contributed by atoms with E-state index in [1.165, 1.54) is 85.4 Å². The number of hydrogen-bond donors (Lipinski definition) is 0. The minimum atomic E-state index is 0.331. The lowest BCUT2D eigenvalue weighted by Crippen LogP contribution is -2.31. The van der Waals surface area contributed by atoms with Crippen molar-refractivity contribution >= 4 is 45.3 Å². The fourth-order valence-corrected chi connectivity index (χ4v) is 7.95. The van der Waals surface area contributed by atoms with Crippen LogP contribution in [0, 0.1) is 6.92 Å². The summed E-state index contributed by atoms with van der Waals surface area (Å²) in [5.74, 6) is 0. The van der Waals surface area contributed by atoms with E-state index in [-0.39, 0.29) is 0 Å². The third-order valence-corrected chi connectivity index (χ3v) is 10.4. The Morgan fingerprint density at radius 3 is 2.29 bits per heavy atom. The first-order chi connectivity index (χ1) is 24.2. The molecule has 49 heavy (non-hydrogen) atoms. The molecule has 0 saturated heterocycles. The van der Waals surface area contributed by atoms with Crippen LogP contribution >= 0.6 is 0 Å². The Labute approximate surface area is 291 Å². The van der Waals surface area contributed by atoms with E-state index < -0.39 is 0 Å². The second-order valence-electron chi connectivity index (χ2n) is 13.4. The number of para-hydroxylation sites is 1. The average molecular weight is 637 g/mol. The normalized spacial score (nSPS) is 15.3. The molecule has 1 unspecified atom stereocenters. The van der Waals surface area contributed by atoms with Crippen LogP contribution in [-0.2, 0) is 12.8 Å². The number of fused-ring (bicyclic) bond motifs is 2. The quantitative estimate of drug-likeness (QED) is 0.153. The molecule has 6 aromatic carbocycles. The highest BCUT2D eigenvalue weighted by molar-refractivity contribution is 5.98. The summed E-state index contributed by atoms with van der Waals surface area (Å²) in [4.78, 5) is 5.05. The number of anilines is 5. The average Bonchev–Trinajstić information content (AvgIpc) is 3.16. The summed E-state index contributed by atoms with van der Waals surface area (Å²) in [6.45, 7) is 4.55. The minimum absolute atomic E-state index is 0.331. The van der Waals surface area contributed by atoms with Gasteiger partial charge in [0, 0.05) is 28.1 Å². The first-order valence-electron chi connectivity index (χ1n) is 18.0. The number of nitrogens with zero attached hydrogens (tertiary/aromatic N) is 2. The molecule has 242 valence electrons. The van der Waals surface area contributed by atoms with Crippen LogP contribution in [0.15, 0.2) is 146 Å². The Morgan fingerprint density at radius 1 is 0.694 bits per heavy atom. The second kappa shape index (κ2) is 13.6. The Bertz CT molecular complexity index is 2160. The van der Waals surface area contributed by atoms with Gasteiger partial charge >= 0.3 is 0 Å². The molecule has 0 fully saturated rings. The van der Waals surface area contributed by atoms with E-state index in [1.54, 1.807) is 0 Å². The van der Waals surface area contributed by atoms with Crippen LogP contribution in [0.1, 0.15) is 54.9 Å². The molecule has 0 spiro atoms.